The fraction of sp³-hybridized carbons (Fsp3) is 0.360. The number of ether oxygens (including phenoxy) is 1. The van der Waals surface area contributed by atoms with Crippen LogP contribution in [0.2, 0.25) is 0 Å². The standard InChI is InChI=1S/C25H27BrN2O3/c1-27(2)13-10-22(29)18-14-20-23(21(26)15-18)28(24(30)25(20)11-4-5-12-25)16-17-6-8-19(31-3)9-7-17/h6-10,13-15H,4-5,11-12,16H2,1-3H3. The van der Waals surface area contributed by atoms with Crippen LogP contribution in [0.3, 0.4) is 0 Å². The van der Waals surface area contributed by atoms with Crippen molar-refractivity contribution in [1.82, 2.24) is 4.90 Å². The first-order valence-electron chi connectivity index (χ1n) is 10.5. The number of carbonyl (C=O) groups excluding carboxylic acids is 2. The van der Waals surface area contributed by atoms with Gasteiger partial charge >= 0.3 is 0 Å². The molecule has 1 fully saturated rings. The summed E-state index contributed by atoms with van der Waals surface area (Å²) in [5.74, 6) is 0.871. The van der Waals surface area contributed by atoms with Gasteiger partial charge in [-0.05, 0) is 64.2 Å². The van der Waals surface area contributed by atoms with Crippen LogP contribution in [0.5, 0.6) is 5.75 Å². The van der Waals surface area contributed by atoms with Crippen LogP contribution < -0.4 is 9.64 Å². The Hall–Kier alpha value is -2.60. The number of methoxy groups -OCH3 is 1. The average Bonchev–Trinajstić information content (AvgIpc) is 3.34. The number of ketones is 1. The highest BCUT2D eigenvalue weighted by Crippen LogP contribution is 2.54. The lowest BCUT2D eigenvalue weighted by atomic mass is 9.79. The van der Waals surface area contributed by atoms with E-state index in [1.807, 2.05) is 60.3 Å². The van der Waals surface area contributed by atoms with Gasteiger partial charge in [-0.1, -0.05) is 25.0 Å². The van der Waals surface area contributed by atoms with Gasteiger partial charge in [0.15, 0.2) is 5.78 Å². The van der Waals surface area contributed by atoms with Gasteiger partial charge in [-0.15, -0.1) is 0 Å². The van der Waals surface area contributed by atoms with Crippen molar-refractivity contribution in [1.29, 1.82) is 0 Å². The second-order valence-electron chi connectivity index (χ2n) is 8.53. The first-order chi connectivity index (χ1) is 14.9. The van der Waals surface area contributed by atoms with E-state index in [2.05, 4.69) is 15.9 Å². The van der Waals surface area contributed by atoms with E-state index in [0.29, 0.717) is 12.1 Å². The van der Waals surface area contributed by atoms with Gasteiger partial charge in [-0.3, -0.25) is 9.59 Å². The summed E-state index contributed by atoms with van der Waals surface area (Å²) in [5.41, 5.74) is 3.01. The van der Waals surface area contributed by atoms with Gasteiger partial charge in [0, 0.05) is 36.4 Å². The third kappa shape index (κ3) is 3.89. The molecule has 0 atom stereocenters. The Kier molecular flexibility index (Phi) is 5.93. The normalized spacial score (nSPS) is 16.9. The topological polar surface area (TPSA) is 49.9 Å². The average molecular weight is 483 g/mol. The number of fused-ring (bicyclic) bond motifs is 2. The highest BCUT2D eigenvalue weighted by Gasteiger charge is 2.53. The molecule has 31 heavy (non-hydrogen) atoms. The zero-order valence-corrected chi connectivity index (χ0v) is 19.7. The van der Waals surface area contributed by atoms with Gasteiger partial charge in [-0.2, -0.15) is 0 Å². The van der Waals surface area contributed by atoms with E-state index in [1.54, 1.807) is 19.4 Å². The molecule has 2 aromatic carbocycles. The van der Waals surface area contributed by atoms with Gasteiger partial charge in [0.1, 0.15) is 5.75 Å². The van der Waals surface area contributed by atoms with Crippen molar-refractivity contribution in [2.45, 2.75) is 37.6 Å². The van der Waals surface area contributed by atoms with Crippen LogP contribution in [-0.4, -0.2) is 37.8 Å². The summed E-state index contributed by atoms with van der Waals surface area (Å²) >= 11 is 3.68. The van der Waals surface area contributed by atoms with E-state index < -0.39 is 5.41 Å². The summed E-state index contributed by atoms with van der Waals surface area (Å²) in [7, 11) is 5.40. The minimum absolute atomic E-state index is 0.0635. The fourth-order valence-electron chi connectivity index (χ4n) is 4.69. The van der Waals surface area contributed by atoms with E-state index in [0.717, 1.165) is 52.7 Å². The number of benzene rings is 2. The summed E-state index contributed by atoms with van der Waals surface area (Å²) in [4.78, 5) is 30.2. The molecule has 4 rings (SSSR count). The largest absolute Gasteiger partial charge is 0.497 e. The lowest BCUT2D eigenvalue weighted by molar-refractivity contribution is -0.123. The van der Waals surface area contributed by atoms with Crippen LogP contribution in [0.1, 0.15) is 47.2 Å². The number of nitrogens with zero attached hydrogens (tertiary/aromatic N) is 2. The third-order valence-corrected chi connectivity index (χ3v) is 6.87. The number of hydrogen-bond donors (Lipinski definition) is 0. The minimum atomic E-state index is -0.522. The Morgan fingerprint density at radius 1 is 1.19 bits per heavy atom. The molecule has 1 saturated carbocycles. The lowest BCUT2D eigenvalue weighted by Gasteiger charge is -2.23. The maximum atomic E-state index is 13.7. The summed E-state index contributed by atoms with van der Waals surface area (Å²) in [6, 6.07) is 11.6. The van der Waals surface area contributed by atoms with Crippen LogP contribution in [0.4, 0.5) is 5.69 Å². The van der Waals surface area contributed by atoms with Crippen molar-refractivity contribution in [2.24, 2.45) is 0 Å². The van der Waals surface area contributed by atoms with Crippen LogP contribution in [0.15, 0.2) is 53.1 Å². The van der Waals surface area contributed by atoms with Crippen LogP contribution >= 0.6 is 15.9 Å². The van der Waals surface area contributed by atoms with E-state index in [1.165, 1.54) is 0 Å². The second-order valence-corrected chi connectivity index (χ2v) is 9.38. The molecular formula is C25H27BrN2O3. The molecule has 0 N–H and O–H groups in total. The van der Waals surface area contributed by atoms with Gasteiger partial charge in [0.25, 0.3) is 0 Å². The van der Waals surface area contributed by atoms with Gasteiger partial charge in [0.2, 0.25) is 5.91 Å². The number of halogens is 1. The first-order valence-corrected chi connectivity index (χ1v) is 11.3. The van der Waals surface area contributed by atoms with Crippen molar-refractivity contribution in [3.8, 4) is 5.75 Å². The monoisotopic (exact) mass is 482 g/mol. The molecule has 162 valence electrons. The number of amides is 1. The highest BCUT2D eigenvalue weighted by atomic mass is 79.9. The van der Waals surface area contributed by atoms with E-state index in [-0.39, 0.29) is 11.7 Å². The Balaban J connectivity index is 1.76. The predicted molar refractivity (Wildman–Crippen MR) is 126 cm³/mol. The number of rotatable bonds is 6. The van der Waals surface area contributed by atoms with Gasteiger partial charge < -0.3 is 14.5 Å². The van der Waals surface area contributed by atoms with Crippen molar-refractivity contribution >= 4 is 33.3 Å². The molecule has 1 heterocycles. The van der Waals surface area contributed by atoms with E-state index in [4.69, 9.17) is 4.74 Å². The van der Waals surface area contributed by atoms with Crippen molar-refractivity contribution in [3.05, 3.63) is 69.8 Å². The molecule has 0 bridgehead atoms. The lowest BCUT2D eigenvalue weighted by Crippen LogP contribution is -2.38. The molecule has 6 heteroatoms. The SMILES string of the molecule is COc1ccc(CN2C(=O)C3(CCCC3)c3cc(C(=O)C=CN(C)C)cc(Br)c32)cc1. The summed E-state index contributed by atoms with van der Waals surface area (Å²) < 4.78 is 6.04. The van der Waals surface area contributed by atoms with Crippen molar-refractivity contribution < 1.29 is 14.3 Å². The molecule has 5 nitrogen and oxygen atoms in total. The van der Waals surface area contributed by atoms with E-state index in [9.17, 15) is 9.59 Å². The third-order valence-electron chi connectivity index (χ3n) is 6.27. The molecule has 0 unspecified atom stereocenters. The maximum Gasteiger partial charge on any atom is 0.238 e. The summed E-state index contributed by atoms with van der Waals surface area (Å²) in [6.45, 7) is 0.490. The molecule has 1 amide bonds. The molecule has 2 aromatic rings. The van der Waals surface area contributed by atoms with Crippen LogP contribution in [0, 0.1) is 0 Å². The maximum absolute atomic E-state index is 13.7. The first kappa shape index (κ1) is 21.6. The van der Waals surface area contributed by atoms with Gasteiger partial charge in [0.05, 0.1) is 24.8 Å². The Morgan fingerprint density at radius 3 is 2.48 bits per heavy atom. The van der Waals surface area contributed by atoms with Crippen molar-refractivity contribution in [3.63, 3.8) is 0 Å². The number of anilines is 1. The quantitative estimate of drug-likeness (QED) is 0.425. The highest BCUT2D eigenvalue weighted by molar-refractivity contribution is 9.10. The molecule has 1 aliphatic heterocycles. The Morgan fingerprint density at radius 2 is 1.87 bits per heavy atom. The number of allylic oxidation sites excluding steroid dienone is 1. The summed E-state index contributed by atoms with van der Waals surface area (Å²) in [6.07, 6.45) is 7.03. The van der Waals surface area contributed by atoms with Gasteiger partial charge in [-0.25, -0.2) is 0 Å². The molecule has 2 aliphatic rings. The molecule has 0 radical (unpaired) electrons. The zero-order valence-electron chi connectivity index (χ0n) is 18.2. The van der Waals surface area contributed by atoms with Crippen LogP contribution in [-0.2, 0) is 16.8 Å². The fourth-order valence-corrected chi connectivity index (χ4v) is 5.37. The predicted octanol–water partition coefficient (Wildman–Crippen LogP) is 5.07. The summed E-state index contributed by atoms with van der Waals surface area (Å²) in [5, 5.41) is 0. The molecule has 1 aliphatic carbocycles. The molecule has 1 spiro atoms. The zero-order chi connectivity index (χ0) is 22.2. The van der Waals surface area contributed by atoms with Crippen molar-refractivity contribution in [2.75, 3.05) is 26.1 Å². The number of carbonyl (C=O) groups is 2. The van der Waals surface area contributed by atoms with E-state index >= 15 is 0 Å². The Labute approximate surface area is 191 Å². The second kappa shape index (κ2) is 8.50. The Bertz CT molecular complexity index is 1040. The minimum Gasteiger partial charge on any atom is -0.497 e. The molecule has 0 aromatic heterocycles. The number of hydrogen-bond acceptors (Lipinski definition) is 4. The van der Waals surface area contributed by atoms with Crippen LogP contribution in [0.25, 0.3) is 0 Å². The molecule has 0 saturated heterocycles. The molecular weight excluding hydrogens is 456 g/mol. The smallest absolute Gasteiger partial charge is 0.238 e.